The number of ether oxygens (including phenoxy) is 2. The molecule has 1 amide bonds. The summed E-state index contributed by atoms with van der Waals surface area (Å²) in [4.78, 5) is 11.9. The summed E-state index contributed by atoms with van der Waals surface area (Å²) in [5.74, 6) is 0.586. The van der Waals surface area contributed by atoms with Crippen molar-refractivity contribution in [2.45, 2.75) is 13.5 Å². The van der Waals surface area contributed by atoms with Gasteiger partial charge in [-0.05, 0) is 42.3 Å². The van der Waals surface area contributed by atoms with Crippen molar-refractivity contribution in [1.82, 2.24) is 0 Å². The summed E-state index contributed by atoms with van der Waals surface area (Å²) in [6, 6.07) is 10.3. The van der Waals surface area contributed by atoms with Crippen LogP contribution in [0.5, 0.6) is 11.5 Å². The Kier molecular flexibility index (Phi) is 5.84. The lowest BCUT2D eigenvalue weighted by Crippen LogP contribution is -2.20. The number of aliphatic hydroxyl groups excluding tert-OH is 1. The quantitative estimate of drug-likeness (QED) is 0.851. The summed E-state index contributed by atoms with van der Waals surface area (Å²) in [7, 11) is 1.50. The summed E-state index contributed by atoms with van der Waals surface area (Å²) in [5.41, 5.74) is 2.25. The first-order chi connectivity index (χ1) is 11.0. The first-order valence-electron chi connectivity index (χ1n) is 7.00. The van der Waals surface area contributed by atoms with Crippen molar-refractivity contribution in [2.24, 2.45) is 0 Å². The second-order valence-corrected chi connectivity index (χ2v) is 5.35. The molecule has 0 heterocycles. The monoisotopic (exact) mass is 335 g/mol. The van der Waals surface area contributed by atoms with E-state index in [-0.39, 0.29) is 19.1 Å². The average molecular weight is 336 g/mol. The molecule has 0 radical (unpaired) electrons. The number of rotatable bonds is 6. The van der Waals surface area contributed by atoms with Gasteiger partial charge in [-0.15, -0.1) is 0 Å². The Balaban J connectivity index is 1.97. The SMILES string of the molecule is COc1cc(CO)ccc1OCC(=O)Nc1ccc(C)c(Cl)c1. The van der Waals surface area contributed by atoms with Gasteiger partial charge in [-0.3, -0.25) is 4.79 Å². The molecule has 6 heteroatoms. The topological polar surface area (TPSA) is 67.8 Å². The Labute approximate surface area is 139 Å². The van der Waals surface area contributed by atoms with Crippen molar-refractivity contribution < 1.29 is 19.4 Å². The van der Waals surface area contributed by atoms with Crippen LogP contribution in [-0.2, 0) is 11.4 Å². The van der Waals surface area contributed by atoms with Gasteiger partial charge >= 0.3 is 0 Å². The molecule has 2 N–H and O–H groups in total. The van der Waals surface area contributed by atoms with E-state index < -0.39 is 0 Å². The third-order valence-corrected chi connectivity index (χ3v) is 3.63. The molecule has 0 saturated carbocycles. The Bertz CT molecular complexity index is 703. The van der Waals surface area contributed by atoms with E-state index in [9.17, 15) is 4.79 Å². The molecule has 0 aliphatic carbocycles. The molecule has 5 nitrogen and oxygen atoms in total. The van der Waals surface area contributed by atoms with Crippen LogP contribution in [0.4, 0.5) is 5.69 Å². The second-order valence-electron chi connectivity index (χ2n) is 4.94. The van der Waals surface area contributed by atoms with Gasteiger partial charge in [0.05, 0.1) is 13.7 Å². The van der Waals surface area contributed by atoms with Crippen LogP contribution in [0.2, 0.25) is 5.02 Å². The van der Waals surface area contributed by atoms with E-state index in [1.54, 1.807) is 30.3 Å². The molecule has 0 aliphatic rings. The fraction of sp³-hybridized carbons (Fsp3) is 0.235. The summed E-state index contributed by atoms with van der Waals surface area (Å²) in [6.45, 7) is 1.63. The molecular formula is C17H18ClNO4. The van der Waals surface area contributed by atoms with Crippen molar-refractivity contribution in [1.29, 1.82) is 0 Å². The minimum absolute atomic E-state index is 0.0920. The highest BCUT2D eigenvalue weighted by molar-refractivity contribution is 6.31. The Morgan fingerprint density at radius 2 is 2.00 bits per heavy atom. The number of hydrogen-bond acceptors (Lipinski definition) is 4. The van der Waals surface area contributed by atoms with E-state index in [1.165, 1.54) is 7.11 Å². The maximum absolute atomic E-state index is 11.9. The summed E-state index contributed by atoms with van der Waals surface area (Å²) < 4.78 is 10.6. The van der Waals surface area contributed by atoms with Gasteiger partial charge in [-0.1, -0.05) is 23.7 Å². The maximum atomic E-state index is 11.9. The Hall–Kier alpha value is -2.24. The first kappa shape index (κ1) is 17.1. The van der Waals surface area contributed by atoms with Crippen LogP contribution in [0, 0.1) is 6.92 Å². The van der Waals surface area contributed by atoms with Crippen LogP contribution in [0.25, 0.3) is 0 Å². The van der Waals surface area contributed by atoms with Gasteiger partial charge in [-0.2, -0.15) is 0 Å². The number of benzene rings is 2. The number of methoxy groups -OCH3 is 1. The highest BCUT2D eigenvalue weighted by Gasteiger charge is 2.09. The van der Waals surface area contributed by atoms with Gasteiger partial charge in [0, 0.05) is 10.7 Å². The third-order valence-electron chi connectivity index (χ3n) is 3.22. The zero-order valence-electron chi connectivity index (χ0n) is 12.9. The standard InChI is InChI=1S/C17H18ClNO4/c1-11-3-5-13(8-14(11)18)19-17(21)10-23-15-6-4-12(9-20)7-16(15)22-2/h3-8,20H,9-10H2,1-2H3,(H,19,21). The maximum Gasteiger partial charge on any atom is 0.262 e. The van der Waals surface area contributed by atoms with Crippen molar-refractivity contribution >= 4 is 23.2 Å². The predicted molar refractivity (Wildman–Crippen MR) is 89.2 cm³/mol. The van der Waals surface area contributed by atoms with E-state index in [1.807, 2.05) is 13.0 Å². The van der Waals surface area contributed by atoms with Crippen molar-refractivity contribution in [3.8, 4) is 11.5 Å². The van der Waals surface area contributed by atoms with Crippen molar-refractivity contribution in [2.75, 3.05) is 19.0 Å². The molecule has 0 atom stereocenters. The summed E-state index contributed by atoms with van der Waals surface area (Å²) >= 11 is 6.02. The molecule has 2 aromatic rings. The molecule has 122 valence electrons. The fourth-order valence-corrected chi connectivity index (χ4v) is 2.12. The van der Waals surface area contributed by atoms with Crippen LogP contribution in [-0.4, -0.2) is 24.7 Å². The van der Waals surface area contributed by atoms with E-state index in [2.05, 4.69) is 5.32 Å². The number of aryl methyl sites for hydroxylation is 1. The predicted octanol–water partition coefficient (Wildman–Crippen LogP) is 3.17. The fourth-order valence-electron chi connectivity index (χ4n) is 1.94. The van der Waals surface area contributed by atoms with Crippen LogP contribution in [0.1, 0.15) is 11.1 Å². The zero-order valence-corrected chi connectivity index (χ0v) is 13.7. The van der Waals surface area contributed by atoms with E-state index in [0.29, 0.717) is 27.8 Å². The van der Waals surface area contributed by atoms with Crippen LogP contribution < -0.4 is 14.8 Å². The number of aliphatic hydroxyl groups is 1. The van der Waals surface area contributed by atoms with Gasteiger partial charge in [-0.25, -0.2) is 0 Å². The minimum Gasteiger partial charge on any atom is -0.493 e. The molecule has 0 spiro atoms. The molecule has 0 saturated heterocycles. The van der Waals surface area contributed by atoms with Gasteiger partial charge in [0.2, 0.25) is 0 Å². The second kappa shape index (κ2) is 7.85. The summed E-state index contributed by atoms with van der Waals surface area (Å²) in [6.07, 6.45) is 0. The van der Waals surface area contributed by atoms with Gasteiger partial charge in [0.25, 0.3) is 5.91 Å². The van der Waals surface area contributed by atoms with Crippen molar-refractivity contribution in [3.05, 3.63) is 52.5 Å². The number of carbonyl (C=O) groups is 1. The number of halogens is 1. The van der Waals surface area contributed by atoms with Gasteiger partial charge in [0.1, 0.15) is 0 Å². The van der Waals surface area contributed by atoms with Gasteiger partial charge < -0.3 is 19.9 Å². The van der Waals surface area contributed by atoms with E-state index in [0.717, 1.165) is 5.56 Å². The first-order valence-corrected chi connectivity index (χ1v) is 7.38. The summed E-state index contributed by atoms with van der Waals surface area (Å²) in [5, 5.41) is 12.4. The lowest BCUT2D eigenvalue weighted by Gasteiger charge is -2.12. The number of amides is 1. The normalized spacial score (nSPS) is 10.3. The Morgan fingerprint density at radius 3 is 2.65 bits per heavy atom. The third kappa shape index (κ3) is 4.61. The molecule has 2 aromatic carbocycles. The van der Waals surface area contributed by atoms with Crippen LogP contribution >= 0.6 is 11.6 Å². The number of carbonyl (C=O) groups excluding carboxylic acids is 1. The number of nitrogens with one attached hydrogen (secondary N) is 1. The van der Waals surface area contributed by atoms with E-state index in [4.69, 9.17) is 26.2 Å². The largest absolute Gasteiger partial charge is 0.493 e. The number of hydrogen-bond donors (Lipinski definition) is 2. The zero-order chi connectivity index (χ0) is 16.8. The molecule has 0 fully saturated rings. The van der Waals surface area contributed by atoms with Gasteiger partial charge in [0.15, 0.2) is 18.1 Å². The smallest absolute Gasteiger partial charge is 0.262 e. The molecule has 2 rings (SSSR count). The average Bonchev–Trinajstić information content (AvgIpc) is 2.56. The van der Waals surface area contributed by atoms with Crippen LogP contribution in [0.15, 0.2) is 36.4 Å². The minimum atomic E-state index is -0.307. The lowest BCUT2D eigenvalue weighted by atomic mass is 10.2. The van der Waals surface area contributed by atoms with Crippen molar-refractivity contribution in [3.63, 3.8) is 0 Å². The molecule has 0 unspecified atom stereocenters. The molecule has 23 heavy (non-hydrogen) atoms. The highest BCUT2D eigenvalue weighted by Crippen LogP contribution is 2.28. The highest BCUT2D eigenvalue weighted by atomic mass is 35.5. The molecule has 0 bridgehead atoms. The molecular weight excluding hydrogens is 318 g/mol. The molecule has 0 aromatic heterocycles. The number of anilines is 1. The van der Waals surface area contributed by atoms with Crippen LogP contribution in [0.3, 0.4) is 0 Å². The van der Waals surface area contributed by atoms with E-state index >= 15 is 0 Å². The lowest BCUT2D eigenvalue weighted by molar-refractivity contribution is -0.118. The molecule has 0 aliphatic heterocycles. The Morgan fingerprint density at radius 1 is 1.22 bits per heavy atom.